The molecule has 0 unspecified atom stereocenters. The standard InChI is InChI=1S/C17H16ClFN2O/c18-13-3-1-4-15(11-13)20-17(22)21-10-2-5-16(21)12-6-8-14(19)9-7-12/h1,3-4,6-9,11,16H,2,5,10H2,(H,20,22)/t16-/m1/s1. The van der Waals surface area contributed by atoms with Crippen LogP contribution < -0.4 is 5.32 Å². The summed E-state index contributed by atoms with van der Waals surface area (Å²) in [7, 11) is 0. The van der Waals surface area contributed by atoms with E-state index in [-0.39, 0.29) is 17.9 Å². The van der Waals surface area contributed by atoms with Crippen LogP contribution in [0.1, 0.15) is 24.4 Å². The summed E-state index contributed by atoms with van der Waals surface area (Å²) >= 11 is 5.93. The summed E-state index contributed by atoms with van der Waals surface area (Å²) < 4.78 is 13.0. The minimum absolute atomic E-state index is 0.0141. The van der Waals surface area contributed by atoms with Crippen LogP contribution in [0.15, 0.2) is 48.5 Å². The van der Waals surface area contributed by atoms with Crippen LogP contribution in [0.2, 0.25) is 5.02 Å². The Bertz CT molecular complexity index is 675. The van der Waals surface area contributed by atoms with Crippen molar-refractivity contribution in [2.24, 2.45) is 0 Å². The summed E-state index contributed by atoms with van der Waals surface area (Å²) in [5.41, 5.74) is 1.63. The lowest BCUT2D eigenvalue weighted by Gasteiger charge is -2.25. The van der Waals surface area contributed by atoms with E-state index in [2.05, 4.69) is 5.32 Å². The molecule has 3 nitrogen and oxygen atoms in total. The Balaban J connectivity index is 1.75. The molecule has 1 atom stereocenters. The van der Waals surface area contributed by atoms with Crippen molar-refractivity contribution in [3.8, 4) is 0 Å². The van der Waals surface area contributed by atoms with Gasteiger partial charge in [0.2, 0.25) is 0 Å². The molecule has 1 fully saturated rings. The molecule has 5 heteroatoms. The molecule has 2 aromatic carbocycles. The summed E-state index contributed by atoms with van der Waals surface area (Å²) in [6.45, 7) is 0.689. The Morgan fingerprint density at radius 2 is 2.00 bits per heavy atom. The first kappa shape index (κ1) is 14.9. The Kier molecular flexibility index (Phi) is 4.29. The van der Waals surface area contributed by atoms with Gasteiger partial charge in [-0.3, -0.25) is 0 Å². The first-order valence-electron chi connectivity index (χ1n) is 7.22. The molecule has 0 saturated carbocycles. The summed E-state index contributed by atoms with van der Waals surface area (Å²) in [6, 6.07) is 13.2. The average Bonchev–Trinajstić information content (AvgIpc) is 2.97. The van der Waals surface area contributed by atoms with Gasteiger partial charge in [-0.05, 0) is 48.7 Å². The Morgan fingerprint density at radius 1 is 1.23 bits per heavy atom. The molecule has 22 heavy (non-hydrogen) atoms. The molecule has 0 bridgehead atoms. The molecule has 2 aromatic rings. The number of nitrogens with one attached hydrogen (secondary N) is 1. The Labute approximate surface area is 133 Å². The zero-order valence-corrected chi connectivity index (χ0v) is 12.7. The quantitative estimate of drug-likeness (QED) is 0.843. The second-order valence-electron chi connectivity index (χ2n) is 5.34. The van der Waals surface area contributed by atoms with E-state index in [1.165, 1.54) is 12.1 Å². The number of likely N-dealkylation sites (tertiary alicyclic amines) is 1. The van der Waals surface area contributed by atoms with Crippen LogP contribution in [0.5, 0.6) is 0 Å². The number of benzene rings is 2. The molecule has 3 rings (SSSR count). The summed E-state index contributed by atoms with van der Waals surface area (Å²) in [6.07, 6.45) is 1.82. The zero-order valence-electron chi connectivity index (χ0n) is 11.9. The van der Waals surface area contributed by atoms with Crippen LogP contribution >= 0.6 is 11.6 Å². The topological polar surface area (TPSA) is 32.3 Å². The molecule has 2 amide bonds. The lowest BCUT2D eigenvalue weighted by Crippen LogP contribution is -2.34. The van der Waals surface area contributed by atoms with Gasteiger partial charge in [-0.25, -0.2) is 9.18 Å². The molecule has 0 aromatic heterocycles. The monoisotopic (exact) mass is 318 g/mol. The second kappa shape index (κ2) is 6.36. The molecule has 1 heterocycles. The third-order valence-electron chi connectivity index (χ3n) is 3.84. The highest BCUT2D eigenvalue weighted by Gasteiger charge is 2.29. The van der Waals surface area contributed by atoms with E-state index < -0.39 is 0 Å². The van der Waals surface area contributed by atoms with Gasteiger partial charge in [0.05, 0.1) is 6.04 Å². The predicted molar refractivity (Wildman–Crippen MR) is 85.6 cm³/mol. The van der Waals surface area contributed by atoms with Gasteiger partial charge in [0.25, 0.3) is 0 Å². The highest BCUT2D eigenvalue weighted by Crippen LogP contribution is 2.32. The lowest BCUT2D eigenvalue weighted by atomic mass is 10.0. The fourth-order valence-corrected chi connectivity index (χ4v) is 2.99. The first-order chi connectivity index (χ1) is 10.6. The maximum atomic E-state index is 13.0. The number of halogens is 2. The van der Waals surface area contributed by atoms with Crippen molar-refractivity contribution in [1.29, 1.82) is 0 Å². The summed E-state index contributed by atoms with van der Waals surface area (Å²) in [5, 5.41) is 3.44. The van der Waals surface area contributed by atoms with E-state index in [1.807, 2.05) is 0 Å². The number of carbonyl (C=O) groups excluding carboxylic acids is 1. The van der Waals surface area contributed by atoms with E-state index in [1.54, 1.807) is 41.3 Å². The average molecular weight is 319 g/mol. The maximum Gasteiger partial charge on any atom is 0.322 e. The van der Waals surface area contributed by atoms with Crippen LogP contribution in [0, 0.1) is 5.82 Å². The highest BCUT2D eigenvalue weighted by atomic mass is 35.5. The Hall–Kier alpha value is -2.07. The normalized spacial score (nSPS) is 17.5. The van der Waals surface area contributed by atoms with Gasteiger partial charge in [-0.2, -0.15) is 0 Å². The van der Waals surface area contributed by atoms with Crippen molar-refractivity contribution in [3.05, 3.63) is 64.9 Å². The molecule has 0 aliphatic carbocycles. The third-order valence-corrected chi connectivity index (χ3v) is 4.08. The van der Waals surface area contributed by atoms with Gasteiger partial charge in [0.1, 0.15) is 5.82 Å². The molecular weight excluding hydrogens is 303 g/mol. The largest absolute Gasteiger partial charge is 0.322 e. The third kappa shape index (κ3) is 3.22. The van der Waals surface area contributed by atoms with Crippen molar-refractivity contribution >= 4 is 23.3 Å². The first-order valence-corrected chi connectivity index (χ1v) is 7.60. The van der Waals surface area contributed by atoms with Crippen LogP contribution in [-0.4, -0.2) is 17.5 Å². The number of carbonyl (C=O) groups is 1. The number of urea groups is 1. The van der Waals surface area contributed by atoms with Crippen molar-refractivity contribution in [3.63, 3.8) is 0 Å². The van der Waals surface area contributed by atoms with E-state index in [9.17, 15) is 9.18 Å². The molecular formula is C17H16ClFN2O. The number of hydrogen-bond acceptors (Lipinski definition) is 1. The Morgan fingerprint density at radius 3 is 2.73 bits per heavy atom. The molecule has 1 aliphatic heterocycles. The molecule has 114 valence electrons. The number of rotatable bonds is 2. The molecule has 1 saturated heterocycles. The van der Waals surface area contributed by atoms with Gasteiger partial charge < -0.3 is 10.2 Å². The predicted octanol–water partition coefficient (Wildman–Crippen LogP) is 4.85. The van der Waals surface area contributed by atoms with Crippen molar-refractivity contribution in [2.75, 3.05) is 11.9 Å². The van der Waals surface area contributed by atoms with Gasteiger partial charge in [0, 0.05) is 17.3 Å². The van der Waals surface area contributed by atoms with Gasteiger partial charge in [-0.1, -0.05) is 29.8 Å². The fourth-order valence-electron chi connectivity index (χ4n) is 2.80. The minimum atomic E-state index is -0.267. The molecule has 0 radical (unpaired) electrons. The maximum absolute atomic E-state index is 13.0. The second-order valence-corrected chi connectivity index (χ2v) is 5.78. The van der Waals surface area contributed by atoms with Crippen LogP contribution in [0.3, 0.4) is 0 Å². The minimum Gasteiger partial charge on any atom is -0.317 e. The number of anilines is 1. The van der Waals surface area contributed by atoms with Crippen LogP contribution in [-0.2, 0) is 0 Å². The summed E-state index contributed by atoms with van der Waals surface area (Å²) in [5.74, 6) is -0.267. The van der Waals surface area contributed by atoms with Crippen molar-refractivity contribution in [2.45, 2.75) is 18.9 Å². The smallest absolute Gasteiger partial charge is 0.317 e. The lowest BCUT2D eigenvalue weighted by molar-refractivity contribution is 0.207. The van der Waals surface area contributed by atoms with E-state index >= 15 is 0 Å². The molecule has 1 aliphatic rings. The SMILES string of the molecule is O=C(Nc1cccc(Cl)c1)N1CCC[C@@H]1c1ccc(F)cc1. The molecule has 1 N–H and O–H groups in total. The van der Waals surface area contributed by atoms with Gasteiger partial charge >= 0.3 is 6.03 Å². The highest BCUT2D eigenvalue weighted by molar-refractivity contribution is 6.30. The van der Waals surface area contributed by atoms with E-state index in [0.717, 1.165) is 18.4 Å². The van der Waals surface area contributed by atoms with Crippen LogP contribution in [0.4, 0.5) is 14.9 Å². The van der Waals surface area contributed by atoms with Crippen molar-refractivity contribution < 1.29 is 9.18 Å². The van der Waals surface area contributed by atoms with Crippen LogP contribution in [0.25, 0.3) is 0 Å². The van der Waals surface area contributed by atoms with E-state index in [0.29, 0.717) is 17.3 Å². The van der Waals surface area contributed by atoms with Gasteiger partial charge in [-0.15, -0.1) is 0 Å². The van der Waals surface area contributed by atoms with Gasteiger partial charge in [0.15, 0.2) is 0 Å². The number of nitrogens with zero attached hydrogens (tertiary/aromatic N) is 1. The van der Waals surface area contributed by atoms with Crippen molar-refractivity contribution in [1.82, 2.24) is 4.90 Å². The number of amides is 2. The number of hydrogen-bond donors (Lipinski definition) is 1. The van der Waals surface area contributed by atoms with E-state index in [4.69, 9.17) is 11.6 Å². The summed E-state index contributed by atoms with van der Waals surface area (Å²) in [4.78, 5) is 14.3. The fraction of sp³-hybridized carbons (Fsp3) is 0.235. The zero-order chi connectivity index (χ0) is 15.5. The molecule has 0 spiro atoms.